The molecule has 0 unspecified atom stereocenters. The maximum Gasteiger partial charge on any atom is 0.321 e. The zero-order chi connectivity index (χ0) is 22.0. The van der Waals surface area contributed by atoms with Gasteiger partial charge in [-0.15, -0.1) is 0 Å². The number of aromatic nitrogens is 2. The Hall–Kier alpha value is -3.19. The van der Waals surface area contributed by atoms with Crippen LogP contribution in [0.2, 0.25) is 0 Å². The van der Waals surface area contributed by atoms with E-state index in [2.05, 4.69) is 0 Å². The largest absolute Gasteiger partial charge is 0.465 e. The molecule has 0 bridgehead atoms. The molecule has 0 fully saturated rings. The minimum atomic E-state index is -0.992. The fourth-order valence-electron chi connectivity index (χ4n) is 4.32. The van der Waals surface area contributed by atoms with E-state index in [9.17, 15) is 9.59 Å². The Bertz CT molecular complexity index is 1110. The first-order valence-electron chi connectivity index (χ1n) is 10.6. The molecule has 2 atom stereocenters. The van der Waals surface area contributed by atoms with Crippen molar-refractivity contribution in [3.05, 3.63) is 59.7 Å². The number of para-hydroxylation sites is 2. The van der Waals surface area contributed by atoms with Gasteiger partial charge in [0.15, 0.2) is 5.92 Å². The molecule has 162 valence electrons. The minimum Gasteiger partial charge on any atom is -0.465 e. The molecule has 2 aromatic carbocycles. The number of fused-ring (bicyclic) bond motifs is 3. The Kier molecular flexibility index (Phi) is 6.04. The average molecular weight is 421 g/mol. The van der Waals surface area contributed by atoms with E-state index >= 15 is 0 Å². The number of imidazole rings is 1. The summed E-state index contributed by atoms with van der Waals surface area (Å²) < 4.78 is 12.6. The van der Waals surface area contributed by atoms with Crippen molar-refractivity contribution in [2.75, 3.05) is 31.8 Å². The maximum atomic E-state index is 13.7. The smallest absolute Gasteiger partial charge is 0.321 e. The topological polar surface area (TPSA) is 73.7 Å². The first-order valence-corrected chi connectivity index (χ1v) is 10.6. The van der Waals surface area contributed by atoms with Gasteiger partial charge >= 0.3 is 5.97 Å². The molecule has 0 radical (unpaired) electrons. The number of nitrogens with zero attached hydrogens (tertiary/aromatic N) is 3. The van der Waals surface area contributed by atoms with Gasteiger partial charge in [0.1, 0.15) is 0 Å². The lowest BCUT2D eigenvalue weighted by Gasteiger charge is -2.38. The van der Waals surface area contributed by atoms with E-state index in [-0.39, 0.29) is 12.5 Å². The molecule has 0 N–H and O–H groups in total. The first kappa shape index (κ1) is 21.1. The molecular weight excluding hydrogens is 394 g/mol. The molecule has 7 nitrogen and oxygen atoms in total. The summed E-state index contributed by atoms with van der Waals surface area (Å²) in [6.07, 6.45) is 0.635. The number of carbonyl (C=O) groups excluding carboxylic acids is 2. The third-order valence-electron chi connectivity index (χ3n) is 5.72. The Morgan fingerprint density at radius 1 is 1.13 bits per heavy atom. The van der Waals surface area contributed by atoms with Gasteiger partial charge in [0, 0.05) is 20.3 Å². The zero-order valence-electron chi connectivity index (χ0n) is 18.1. The van der Waals surface area contributed by atoms with Crippen molar-refractivity contribution in [3.8, 4) is 0 Å². The number of hydrogen-bond acceptors (Lipinski definition) is 5. The van der Waals surface area contributed by atoms with Gasteiger partial charge in [-0.05, 0) is 43.5 Å². The van der Waals surface area contributed by atoms with Crippen LogP contribution >= 0.6 is 0 Å². The first-order chi connectivity index (χ1) is 15.1. The standard InChI is InChI=1S/C24H27N3O4/c1-4-31-23(29)20-21(17-11-6-5-10-16(17)2)27-19-13-8-7-12-18(19)25-24(27)26(22(20)28)14-9-15-30-3/h5-8,10-13,20-21H,4,9,14-15H2,1-3H3/t20-,21-/m0/s1. The summed E-state index contributed by atoms with van der Waals surface area (Å²) in [5.41, 5.74) is 3.58. The van der Waals surface area contributed by atoms with Crippen molar-refractivity contribution in [2.45, 2.75) is 26.3 Å². The number of anilines is 1. The molecule has 4 rings (SSSR count). The van der Waals surface area contributed by atoms with Crippen LogP contribution in [0.15, 0.2) is 48.5 Å². The van der Waals surface area contributed by atoms with Gasteiger partial charge in [0.2, 0.25) is 11.9 Å². The van der Waals surface area contributed by atoms with Crippen LogP contribution in [0.4, 0.5) is 5.95 Å². The highest BCUT2D eigenvalue weighted by Crippen LogP contribution is 2.42. The van der Waals surface area contributed by atoms with Gasteiger partial charge in [0.25, 0.3) is 0 Å². The van der Waals surface area contributed by atoms with E-state index in [1.165, 1.54) is 0 Å². The molecule has 7 heteroatoms. The monoisotopic (exact) mass is 421 g/mol. The zero-order valence-corrected chi connectivity index (χ0v) is 18.1. The summed E-state index contributed by atoms with van der Waals surface area (Å²) in [5, 5.41) is 0. The number of esters is 1. The molecule has 2 heterocycles. The van der Waals surface area contributed by atoms with Gasteiger partial charge in [-0.1, -0.05) is 36.4 Å². The van der Waals surface area contributed by atoms with E-state index in [1.807, 2.05) is 60.0 Å². The van der Waals surface area contributed by atoms with Crippen molar-refractivity contribution >= 4 is 28.9 Å². The summed E-state index contributed by atoms with van der Waals surface area (Å²) in [6.45, 7) is 4.88. The molecule has 3 aromatic rings. The molecule has 0 aliphatic carbocycles. The molecular formula is C24H27N3O4. The second kappa shape index (κ2) is 8.89. The van der Waals surface area contributed by atoms with Crippen LogP contribution in [-0.2, 0) is 19.1 Å². The average Bonchev–Trinajstić information content (AvgIpc) is 3.14. The second-order valence-electron chi connectivity index (χ2n) is 7.64. The highest BCUT2D eigenvalue weighted by Gasteiger charge is 2.48. The lowest BCUT2D eigenvalue weighted by Crippen LogP contribution is -2.50. The van der Waals surface area contributed by atoms with Crippen LogP contribution in [0.1, 0.15) is 30.5 Å². The Balaban J connectivity index is 1.96. The fraction of sp³-hybridized carbons (Fsp3) is 0.375. The Labute approximate surface area is 181 Å². The lowest BCUT2D eigenvalue weighted by atomic mass is 9.87. The third-order valence-corrected chi connectivity index (χ3v) is 5.72. The number of aryl methyl sites for hydroxylation is 1. The molecule has 0 saturated heterocycles. The van der Waals surface area contributed by atoms with Gasteiger partial charge in [0.05, 0.1) is 23.7 Å². The Morgan fingerprint density at radius 3 is 2.61 bits per heavy atom. The summed E-state index contributed by atoms with van der Waals surface area (Å²) in [7, 11) is 1.63. The van der Waals surface area contributed by atoms with Gasteiger partial charge in [-0.25, -0.2) is 4.98 Å². The number of hydrogen-bond donors (Lipinski definition) is 0. The summed E-state index contributed by atoms with van der Waals surface area (Å²) in [6, 6.07) is 15.1. The summed E-state index contributed by atoms with van der Waals surface area (Å²) >= 11 is 0. The molecule has 0 spiro atoms. The van der Waals surface area contributed by atoms with Gasteiger partial charge in [-0.3, -0.25) is 14.5 Å². The number of ether oxygens (including phenoxy) is 2. The molecule has 1 aliphatic rings. The lowest BCUT2D eigenvalue weighted by molar-refractivity contribution is -0.153. The summed E-state index contributed by atoms with van der Waals surface area (Å²) in [5.74, 6) is -1.24. The van der Waals surface area contributed by atoms with E-state index in [0.717, 1.165) is 22.2 Å². The summed E-state index contributed by atoms with van der Waals surface area (Å²) in [4.78, 5) is 33.2. The van der Waals surface area contributed by atoms with Crippen LogP contribution in [0, 0.1) is 12.8 Å². The second-order valence-corrected chi connectivity index (χ2v) is 7.64. The van der Waals surface area contributed by atoms with Crippen molar-refractivity contribution in [2.24, 2.45) is 5.92 Å². The van der Waals surface area contributed by atoms with Crippen LogP contribution in [-0.4, -0.2) is 48.3 Å². The van der Waals surface area contributed by atoms with Gasteiger partial charge < -0.3 is 14.0 Å². The number of methoxy groups -OCH3 is 1. The van der Waals surface area contributed by atoms with Crippen molar-refractivity contribution < 1.29 is 19.1 Å². The van der Waals surface area contributed by atoms with E-state index in [1.54, 1.807) is 18.9 Å². The number of carbonyl (C=O) groups is 2. The van der Waals surface area contributed by atoms with Crippen LogP contribution in [0.5, 0.6) is 0 Å². The van der Waals surface area contributed by atoms with Crippen molar-refractivity contribution in [3.63, 3.8) is 0 Å². The fourth-order valence-corrected chi connectivity index (χ4v) is 4.32. The number of benzene rings is 2. The molecule has 1 amide bonds. The molecule has 0 saturated carbocycles. The van der Waals surface area contributed by atoms with Crippen LogP contribution in [0.25, 0.3) is 11.0 Å². The van der Waals surface area contributed by atoms with Crippen LogP contribution in [0.3, 0.4) is 0 Å². The van der Waals surface area contributed by atoms with E-state index in [4.69, 9.17) is 14.5 Å². The van der Waals surface area contributed by atoms with E-state index < -0.39 is 17.9 Å². The number of rotatable bonds is 7. The molecule has 1 aliphatic heterocycles. The highest BCUT2D eigenvalue weighted by molar-refractivity contribution is 6.08. The van der Waals surface area contributed by atoms with Gasteiger partial charge in [-0.2, -0.15) is 0 Å². The normalized spacial score (nSPS) is 18.3. The van der Waals surface area contributed by atoms with Crippen molar-refractivity contribution in [1.82, 2.24) is 9.55 Å². The number of amides is 1. The molecule has 1 aromatic heterocycles. The minimum absolute atomic E-state index is 0.213. The third kappa shape index (κ3) is 3.70. The Morgan fingerprint density at radius 2 is 1.87 bits per heavy atom. The van der Waals surface area contributed by atoms with E-state index in [0.29, 0.717) is 25.5 Å². The van der Waals surface area contributed by atoms with Crippen molar-refractivity contribution in [1.29, 1.82) is 0 Å². The highest BCUT2D eigenvalue weighted by atomic mass is 16.5. The predicted molar refractivity (Wildman–Crippen MR) is 118 cm³/mol. The molecule has 31 heavy (non-hydrogen) atoms. The van der Waals surface area contributed by atoms with Crippen LogP contribution < -0.4 is 4.90 Å². The quantitative estimate of drug-likeness (QED) is 0.332. The predicted octanol–water partition coefficient (Wildman–Crippen LogP) is 3.50. The maximum absolute atomic E-state index is 13.7. The SMILES string of the molecule is CCOC(=O)[C@@H]1C(=O)N(CCCOC)c2nc3ccccc3n2[C@H]1c1ccccc1C.